The first-order valence-electron chi connectivity index (χ1n) is 4.66. The van der Waals surface area contributed by atoms with Crippen molar-refractivity contribution in [2.75, 3.05) is 0 Å². The van der Waals surface area contributed by atoms with Gasteiger partial charge in [0.25, 0.3) is 0 Å². The van der Waals surface area contributed by atoms with Crippen LogP contribution in [0.1, 0.15) is 24.8 Å². The maximum absolute atomic E-state index is 8.87. The average molecular weight is 252 g/mol. The molecule has 0 unspecified atom stereocenters. The minimum absolute atomic E-state index is 0.316. The Balaban J connectivity index is 2.21. The van der Waals surface area contributed by atoms with Gasteiger partial charge in [-0.1, -0.05) is 15.9 Å². The van der Waals surface area contributed by atoms with Gasteiger partial charge in [-0.25, -0.2) is 0 Å². The highest BCUT2D eigenvalue weighted by Gasteiger charge is 2.20. The fraction of sp³-hybridized carbons (Fsp3) is 0.364. The van der Waals surface area contributed by atoms with E-state index in [1.807, 2.05) is 12.1 Å². The number of hydrogen-bond acceptors (Lipinski definition) is 2. The zero-order valence-electron chi connectivity index (χ0n) is 7.66. The smallest absolute Gasteiger partial charge is 0.138 e. The van der Waals surface area contributed by atoms with Crippen LogP contribution in [0.2, 0.25) is 0 Å². The molecule has 0 radical (unpaired) electrons. The van der Waals surface area contributed by atoms with Crippen LogP contribution in [0.25, 0.3) is 0 Å². The molecule has 3 heteroatoms. The first-order chi connectivity index (χ1) is 6.79. The molecule has 1 fully saturated rings. The van der Waals surface area contributed by atoms with E-state index < -0.39 is 0 Å². The minimum atomic E-state index is 0.316. The van der Waals surface area contributed by atoms with Gasteiger partial charge in [-0.3, -0.25) is 0 Å². The van der Waals surface area contributed by atoms with Crippen LogP contribution < -0.4 is 4.74 Å². The van der Waals surface area contributed by atoms with Gasteiger partial charge in [0.15, 0.2) is 0 Å². The molecule has 0 atom stereocenters. The summed E-state index contributed by atoms with van der Waals surface area (Å²) in [6.45, 7) is 0. The van der Waals surface area contributed by atoms with E-state index in [2.05, 4.69) is 22.0 Å². The number of benzene rings is 1. The average Bonchev–Trinajstić information content (AvgIpc) is 2.12. The van der Waals surface area contributed by atoms with Crippen LogP contribution in [0.5, 0.6) is 5.75 Å². The molecule has 0 aromatic heterocycles. The molecule has 2 rings (SSSR count). The normalized spacial score (nSPS) is 15.7. The number of hydrogen-bond donors (Lipinski definition) is 0. The Kier molecular flexibility index (Phi) is 2.74. The summed E-state index contributed by atoms with van der Waals surface area (Å²) in [7, 11) is 0. The number of ether oxygens (including phenoxy) is 1. The Morgan fingerprint density at radius 1 is 1.43 bits per heavy atom. The van der Waals surface area contributed by atoms with Gasteiger partial charge in [0.05, 0.1) is 11.7 Å². The standard InChI is InChI=1S/C11H10BrNO/c12-9-5-4-8(7-13)11(6-9)14-10-2-1-3-10/h4-6,10H,1-3H2. The van der Waals surface area contributed by atoms with Crippen molar-refractivity contribution in [3.05, 3.63) is 28.2 Å². The molecule has 1 aliphatic carbocycles. The molecule has 1 aliphatic rings. The van der Waals surface area contributed by atoms with E-state index in [1.54, 1.807) is 6.07 Å². The molecule has 0 aliphatic heterocycles. The highest BCUT2D eigenvalue weighted by Crippen LogP contribution is 2.29. The first-order valence-corrected chi connectivity index (χ1v) is 5.45. The molecule has 0 N–H and O–H groups in total. The summed E-state index contributed by atoms with van der Waals surface area (Å²) >= 11 is 3.37. The number of nitrogens with zero attached hydrogens (tertiary/aromatic N) is 1. The Morgan fingerprint density at radius 2 is 2.21 bits per heavy atom. The van der Waals surface area contributed by atoms with Gasteiger partial charge in [-0.05, 0) is 37.5 Å². The van der Waals surface area contributed by atoms with E-state index in [1.165, 1.54) is 6.42 Å². The second-order valence-electron chi connectivity index (χ2n) is 3.42. The van der Waals surface area contributed by atoms with Gasteiger partial charge in [0.2, 0.25) is 0 Å². The molecule has 0 saturated heterocycles. The lowest BCUT2D eigenvalue weighted by atomic mass is 9.96. The van der Waals surface area contributed by atoms with E-state index in [0.29, 0.717) is 17.4 Å². The summed E-state index contributed by atoms with van der Waals surface area (Å²) < 4.78 is 6.65. The van der Waals surface area contributed by atoms with Crippen molar-refractivity contribution in [1.29, 1.82) is 5.26 Å². The third-order valence-corrected chi connectivity index (χ3v) is 2.90. The largest absolute Gasteiger partial charge is 0.489 e. The van der Waals surface area contributed by atoms with Gasteiger partial charge in [0, 0.05) is 4.47 Å². The van der Waals surface area contributed by atoms with E-state index in [9.17, 15) is 0 Å². The summed E-state index contributed by atoms with van der Waals surface area (Å²) in [5.74, 6) is 0.701. The third kappa shape index (κ3) is 1.91. The van der Waals surface area contributed by atoms with Crippen molar-refractivity contribution >= 4 is 15.9 Å². The van der Waals surface area contributed by atoms with Crippen LogP contribution in [0.15, 0.2) is 22.7 Å². The Hall–Kier alpha value is -1.01. The van der Waals surface area contributed by atoms with Crippen LogP contribution in [0.3, 0.4) is 0 Å². The molecule has 0 bridgehead atoms. The second-order valence-corrected chi connectivity index (χ2v) is 4.34. The van der Waals surface area contributed by atoms with Gasteiger partial charge >= 0.3 is 0 Å². The number of rotatable bonds is 2. The van der Waals surface area contributed by atoms with Crippen molar-refractivity contribution in [1.82, 2.24) is 0 Å². The Bertz CT molecular complexity index is 379. The SMILES string of the molecule is N#Cc1ccc(Br)cc1OC1CCC1. The lowest BCUT2D eigenvalue weighted by Crippen LogP contribution is -2.24. The molecule has 0 spiro atoms. The van der Waals surface area contributed by atoms with E-state index in [-0.39, 0.29) is 0 Å². The van der Waals surface area contributed by atoms with Crippen LogP contribution in [0, 0.1) is 11.3 Å². The topological polar surface area (TPSA) is 33.0 Å². The molecule has 2 nitrogen and oxygen atoms in total. The fourth-order valence-electron chi connectivity index (χ4n) is 1.35. The highest BCUT2D eigenvalue weighted by atomic mass is 79.9. The molecular formula is C11H10BrNO. The molecular weight excluding hydrogens is 242 g/mol. The van der Waals surface area contributed by atoms with Crippen LogP contribution in [-0.4, -0.2) is 6.10 Å². The molecule has 14 heavy (non-hydrogen) atoms. The zero-order valence-corrected chi connectivity index (χ0v) is 9.25. The molecule has 72 valence electrons. The summed E-state index contributed by atoms with van der Waals surface area (Å²) in [5, 5.41) is 8.87. The number of nitriles is 1. The van der Waals surface area contributed by atoms with Crippen LogP contribution in [-0.2, 0) is 0 Å². The van der Waals surface area contributed by atoms with E-state index in [4.69, 9.17) is 10.00 Å². The zero-order chi connectivity index (χ0) is 9.97. The molecule has 1 aromatic carbocycles. The lowest BCUT2D eigenvalue weighted by Gasteiger charge is -2.26. The molecule has 0 amide bonds. The van der Waals surface area contributed by atoms with Gasteiger partial charge in [-0.15, -0.1) is 0 Å². The molecule has 0 heterocycles. The van der Waals surface area contributed by atoms with E-state index in [0.717, 1.165) is 17.3 Å². The van der Waals surface area contributed by atoms with Crippen molar-refractivity contribution in [2.45, 2.75) is 25.4 Å². The summed E-state index contributed by atoms with van der Waals surface area (Å²) in [4.78, 5) is 0. The van der Waals surface area contributed by atoms with Gasteiger partial charge in [0.1, 0.15) is 11.8 Å². The maximum atomic E-state index is 8.87. The summed E-state index contributed by atoms with van der Waals surface area (Å²) in [5.41, 5.74) is 0.611. The van der Waals surface area contributed by atoms with Crippen molar-refractivity contribution < 1.29 is 4.74 Å². The van der Waals surface area contributed by atoms with Crippen molar-refractivity contribution in [3.63, 3.8) is 0 Å². The van der Waals surface area contributed by atoms with Crippen molar-refractivity contribution in [3.8, 4) is 11.8 Å². The monoisotopic (exact) mass is 251 g/mol. The van der Waals surface area contributed by atoms with E-state index >= 15 is 0 Å². The second kappa shape index (κ2) is 4.02. The molecule has 1 saturated carbocycles. The predicted octanol–water partition coefficient (Wildman–Crippen LogP) is 3.25. The van der Waals surface area contributed by atoms with Crippen molar-refractivity contribution in [2.24, 2.45) is 0 Å². The number of halogens is 1. The summed E-state index contributed by atoms with van der Waals surface area (Å²) in [6.07, 6.45) is 3.77. The molecule has 1 aromatic rings. The minimum Gasteiger partial charge on any atom is -0.489 e. The lowest BCUT2D eigenvalue weighted by molar-refractivity contribution is 0.120. The van der Waals surface area contributed by atoms with Crippen LogP contribution in [0.4, 0.5) is 0 Å². The fourth-order valence-corrected chi connectivity index (χ4v) is 1.69. The third-order valence-electron chi connectivity index (χ3n) is 2.41. The van der Waals surface area contributed by atoms with Gasteiger partial charge < -0.3 is 4.74 Å². The van der Waals surface area contributed by atoms with Gasteiger partial charge in [-0.2, -0.15) is 5.26 Å². The quantitative estimate of drug-likeness (QED) is 0.809. The maximum Gasteiger partial charge on any atom is 0.138 e. The summed E-state index contributed by atoms with van der Waals surface area (Å²) in [6, 6.07) is 7.62. The highest BCUT2D eigenvalue weighted by molar-refractivity contribution is 9.10. The first kappa shape index (κ1) is 9.54. The Labute approximate surface area is 91.6 Å². The predicted molar refractivity (Wildman–Crippen MR) is 57.1 cm³/mol. The van der Waals surface area contributed by atoms with Crippen LogP contribution >= 0.6 is 15.9 Å². The Morgan fingerprint density at radius 3 is 2.79 bits per heavy atom.